The van der Waals surface area contributed by atoms with E-state index in [-0.39, 0.29) is 16.1 Å². The second kappa shape index (κ2) is 8.09. The van der Waals surface area contributed by atoms with Gasteiger partial charge in [0.05, 0.1) is 21.5 Å². The summed E-state index contributed by atoms with van der Waals surface area (Å²) in [6, 6.07) is 7.53. The monoisotopic (exact) mass is 415 g/mol. The Morgan fingerprint density at radius 1 is 1.04 bits per heavy atom. The highest BCUT2D eigenvalue weighted by atomic mass is 32.2. The number of benzene rings is 1. The number of nitrogens with one attached hydrogen (secondary N) is 1. The van der Waals surface area contributed by atoms with E-state index in [0.717, 1.165) is 11.4 Å². The third kappa shape index (κ3) is 4.75. The number of hydrogen-bond acceptors (Lipinski definition) is 6. The third-order valence-electron chi connectivity index (χ3n) is 4.08. The summed E-state index contributed by atoms with van der Waals surface area (Å²) in [5.74, 6) is 0. The molecule has 0 unspecified atom stereocenters. The Balaban J connectivity index is 0.000000223. The third-order valence-corrected chi connectivity index (χ3v) is 6.98. The first-order chi connectivity index (χ1) is 12.5. The predicted molar refractivity (Wildman–Crippen MR) is 102 cm³/mol. The molecule has 27 heavy (non-hydrogen) atoms. The van der Waals surface area contributed by atoms with Crippen molar-refractivity contribution in [2.75, 3.05) is 0 Å². The van der Waals surface area contributed by atoms with Crippen LogP contribution in [0, 0.1) is 0 Å². The Labute approximate surface area is 160 Å². The fourth-order valence-corrected chi connectivity index (χ4v) is 4.41. The minimum absolute atomic E-state index is 0.0741. The first-order valence-electron chi connectivity index (χ1n) is 8.53. The molecule has 1 aromatic carbocycles. The van der Waals surface area contributed by atoms with E-state index in [1.807, 2.05) is 18.4 Å². The highest BCUT2D eigenvalue weighted by Gasteiger charge is 2.31. The fourth-order valence-electron chi connectivity index (χ4n) is 2.65. The summed E-state index contributed by atoms with van der Waals surface area (Å²) < 4.78 is 55.6. The summed E-state index contributed by atoms with van der Waals surface area (Å²) in [6.45, 7) is 8.72. The van der Waals surface area contributed by atoms with Gasteiger partial charge in [-0.3, -0.25) is 4.55 Å². The lowest BCUT2D eigenvalue weighted by molar-refractivity contribution is 0.483. The first kappa shape index (κ1) is 21.5. The van der Waals surface area contributed by atoms with Crippen LogP contribution in [0.4, 0.5) is 0 Å². The molecular formula is C17H25N3O5S2. The number of rotatable bonds is 4. The maximum absolute atomic E-state index is 12.3. The molecule has 0 atom stereocenters. The van der Waals surface area contributed by atoms with Crippen molar-refractivity contribution in [3.05, 3.63) is 41.7 Å². The molecule has 1 aliphatic heterocycles. The molecule has 2 heterocycles. The molecule has 1 aromatic heterocycles. The Morgan fingerprint density at radius 3 is 2.07 bits per heavy atom. The highest BCUT2D eigenvalue weighted by molar-refractivity contribution is 7.91. The molecule has 1 aliphatic rings. The van der Waals surface area contributed by atoms with Crippen LogP contribution in [0.15, 0.2) is 40.4 Å². The number of hydrogen-bond donors (Lipinski definition) is 2. The van der Waals surface area contributed by atoms with Gasteiger partial charge in [0, 0.05) is 19.1 Å². The van der Waals surface area contributed by atoms with Gasteiger partial charge in [-0.25, -0.2) is 13.4 Å². The van der Waals surface area contributed by atoms with Crippen LogP contribution in [-0.2, 0) is 33.0 Å². The number of nitrogens with zero attached hydrogens (tertiary/aromatic N) is 2. The SMILES string of the molecule is CC(C)n1c(S(=O)(=O)C(C)C)nc2c1CNC2.O=S(=O)(O)c1ccccc1. The fraction of sp³-hybridized carbons (Fsp3) is 0.471. The lowest BCUT2D eigenvalue weighted by atomic mass is 10.3. The Morgan fingerprint density at radius 2 is 1.63 bits per heavy atom. The number of sulfone groups is 1. The molecule has 0 spiro atoms. The Bertz CT molecular complexity index is 995. The average Bonchev–Trinajstić information content (AvgIpc) is 3.15. The quantitative estimate of drug-likeness (QED) is 0.735. The topological polar surface area (TPSA) is 118 Å². The number of aromatic nitrogens is 2. The van der Waals surface area contributed by atoms with Crippen molar-refractivity contribution in [1.82, 2.24) is 14.9 Å². The van der Waals surface area contributed by atoms with Gasteiger partial charge in [0.1, 0.15) is 0 Å². The minimum atomic E-state index is -4.00. The lowest BCUT2D eigenvalue weighted by Gasteiger charge is -2.16. The summed E-state index contributed by atoms with van der Waals surface area (Å²) in [4.78, 5) is 4.24. The molecule has 0 radical (unpaired) electrons. The molecule has 2 N–H and O–H groups in total. The van der Waals surface area contributed by atoms with Crippen LogP contribution >= 0.6 is 0 Å². The Hall–Kier alpha value is -1.75. The van der Waals surface area contributed by atoms with E-state index in [2.05, 4.69) is 10.3 Å². The van der Waals surface area contributed by atoms with E-state index >= 15 is 0 Å². The molecule has 0 bridgehead atoms. The largest absolute Gasteiger partial charge is 0.315 e. The molecule has 8 nitrogen and oxygen atoms in total. The van der Waals surface area contributed by atoms with Gasteiger partial charge >= 0.3 is 0 Å². The maximum atomic E-state index is 12.3. The molecule has 0 saturated heterocycles. The summed E-state index contributed by atoms with van der Waals surface area (Å²) in [7, 11) is -7.31. The van der Waals surface area contributed by atoms with Crippen molar-refractivity contribution in [3.8, 4) is 0 Å². The number of fused-ring (bicyclic) bond motifs is 1. The molecule has 0 fully saturated rings. The average molecular weight is 416 g/mol. The maximum Gasteiger partial charge on any atom is 0.294 e. The van der Waals surface area contributed by atoms with Crippen molar-refractivity contribution < 1.29 is 21.4 Å². The smallest absolute Gasteiger partial charge is 0.294 e. The van der Waals surface area contributed by atoms with Crippen LogP contribution in [0.5, 0.6) is 0 Å². The van der Waals surface area contributed by atoms with Gasteiger partial charge in [0.2, 0.25) is 15.0 Å². The van der Waals surface area contributed by atoms with Crippen LogP contribution in [0.1, 0.15) is 45.1 Å². The van der Waals surface area contributed by atoms with E-state index in [4.69, 9.17) is 4.55 Å². The van der Waals surface area contributed by atoms with E-state index in [1.54, 1.807) is 32.0 Å². The zero-order chi connectivity index (χ0) is 20.4. The summed E-state index contributed by atoms with van der Waals surface area (Å²) in [6.07, 6.45) is 0. The van der Waals surface area contributed by atoms with Crippen molar-refractivity contribution in [2.24, 2.45) is 0 Å². The van der Waals surface area contributed by atoms with E-state index < -0.39 is 25.2 Å². The predicted octanol–water partition coefficient (Wildman–Crippen LogP) is 2.18. The van der Waals surface area contributed by atoms with Gasteiger partial charge in [0.15, 0.2) is 0 Å². The zero-order valence-corrected chi connectivity index (χ0v) is 17.4. The van der Waals surface area contributed by atoms with Gasteiger partial charge in [-0.15, -0.1) is 0 Å². The highest BCUT2D eigenvalue weighted by Crippen LogP contribution is 2.26. The molecule has 3 rings (SSSR count). The second-order valence-electron chi connectivity index (χ2n) is 6.74. The Kier molecular flexibility index (Phi) is 6.46. The van der Waals surface area contributed by atoms with Gasteiger partial charge in [-0.1, -0.05) is 18.2 Å². The summed E-state index contributed by atoms with van der Waals surface area (Å²) >= 11 is 0. The van der Waals surface area contributed by atoms with Crippen LogP contribution in [-0.4, -0.2) is 36.2 Å². The molecule has 10 heteroatoms. The van der Waals surface area contributed by atoms with Gasteiger partial charge < -0.3 is 9.88 Å². The normalized spacial score (nSPS) is 14.2. The molecule has 0 amide bonds. The first-order valence-corrected chi connectivity index (χ1v) is 11.5. The van der Waals surface area contributed by atoms with Crippen molar-refractivity contribution in [2.45, 2.75) is 62.1 Å². The molecule has 2 aromatic rings. The van der Waals surface area contributed by atoms with E-state index in [1.165, 1.54) is 12.1 Å². The van der Waals surface area contributed by atoms with Crippen LogP contribution in [0.25, 0.3) is 0 Å². The van der Waals surface area contributed by atoms with Crippen molar-refractivity contribution >= 4 is 20.0 Å². The van der Waals surface area contributed by atoms with Crippen LogP contribution < -0.4 is 5.32 Å². The van der Waals surface area contributed by atoms with E-state index in [9.17, 15) is 16.8 Å². The second-order valence-corrected chi connectivity index (χ2v) is 10.6. The molecule has 0 aliphatic carbocycles. The summed E-state index contributed by atoms with van der Waals surface area (Å²) in [5.41, 5.74) is 1.89. The van der Waals surface area contributed by atoms with Gasteiger partial charge in [-0.05, 0) is 39.8 Å². The minimum Gasteiger partial charge on any atom is -0.315 e. The van der Waals surface area contributed by atoms with Gasteiger partial charge in [-0.2, -0.15) is 8.42 Å². The summed E-state index contributed by atoms with van der Waals surface area (Å²) in [5, 5.41) is 2.99. The standard InChI is InChI=1S/C11H19N3O2S.C6H6O3S/c1-7(2)14-10-6-12-5-9(10)13-11(14)17(15,16)8(3)4;7-10(8,9)6-4-2-1-3-5-6/h7-8,12H,5-6H2,1-4H3;1-5H,(H,7,8,9). The molecule has 0 saturated carbocycles. The van der Waals surface area contributed by atoms with E-state index in [0.29, 0.717) is 13.1 Å². The van der Waals surface area contributed by atoms with Crippen molar-refractivity contribution in [1.29, 1.82) is 0 Å². The zero-order valence-electron chi connectivity index (χ0n) is 15.7. The molecular weight excluding hydrogens is 390 g/mol. The number of imidazole rings is 1. The van der Waals surface area contributed by atoms with Crippen molar-refractivity contribution in [3.63, 3.8) is 0 Å². The lowest BCUT2D eigenvalue weighted by Crippen LogP contribution is -2.22. The van der Waals surface area contributed by atoms with Gasteiger partial charge in [0.25, 0.3) is 10.1 Å². The van der Waals surface area contributed by atoms with Crippen LogP contribution in [0.2, 0.25) is 0 Å². The molecule has 150 valence electrons. The van der Waals surface area contributed by atoms with Crippen LogP contribution in [0.3, 0.4) is 0 Å².